The minimum absolute atomic E-state index is 0.294. The number of allylic oxidation sites excluding steroid dienone is 3. The molecule has 0 aliphatic rings. The second-order valence-electron chi connectivity index (χ2n) is 4.76. The summed E-state index contributed by atoms with van der Waals surface area (Å²) in [6.07, 6.45) is 5.05. The summed E-state index contributed by atoms with van der Waals surface area (Å²) >= 11 is 0. The number of carbonyl (C=O) groups is 1. The van der Waals surface area contributed by atoms with Gasteiger partial charge in [-0.25, -0.2) is 4.79 Å². The third-order valence-corrected chi connectivity index (χ3v) is 3.59. The van der Waals surface area contributed by atoms with Crippen LogP contribution in [0.1, 0.15) is 18.2 Å². The molecule has 0 radical (unpaired) electrons. The van der Waals surface area contributed by atoms with Crippen LogP contribution in [0.4, 0.5) is 0 Å². The van der Waals surface area contributed by atoms with Crippen LogP contribution in [0.15, 0.2) is 48.6 Å². The number of nitriles is 1. The smallest absolute Gasteiger partial charge is 0.346 e. The highest BCUT2D eigenvalue weighted by molar-refractivity contribution is 6.03. The van der Waals surface area contributed by atoms with E-state index in [1.54, 1.807) is 12.1 Å². The molecule has 1 N–H and O–H groups in total. The van der Waals surface area contributed by atoms with Crippen LogP contribution >= 0.6 is 0 Å². The standard InChI is InChI=1S/C18H16N2O2/c1-4-12(5-2)17-15(10-13(11-19)18(21)22)14-8-6-7-9-16(14)20(17)3/h4-10H,1H2,2-3H3,(H,21,22)/b12-5+,13-10+. The van der Waals surface area contributed by atoms with Gasteiger partial charge < -0.3 is 9.67 Å². The summed E-state index contributed by atoms with van der Waals surface area (Å²) < 4.78 is 1.98. The molecule has 2 aromatic rings. The number of aryl methyl sites for hydroxylation is 1. The minimum Gasteiger partial charge on any atom is -0.477 e. The average Bonchev–Trinajstić information content (AvgIpc) is 2.79. The third-order valence-electron chi connectivity index (χ3n) is 3.59. The van der Waals surface area contributed by atoms with Gasteiger partial charge in [0, 0.05) is 23.5 Å². The molecule has 4 heteroatoms. The van der Waals surface area contributed by atoms with E-state index in [9.17, 15) is 4.79 Å². The molecule has 0 saturated heterocycles. The lowest BCUT2D eigenvalue weighted by molar-refractivity contribution is -0.132. The first kappa shape index (κ1) is 15.3. The van der Waals surface area contributed by atoms with E-state index in [1.807, 2.05) is 48.9 Å². The van der Waals surface area contributed by atoms with E-state index in [0.717, 1.165) is 22.2 Å². The van der Waals surface area contributed by atoms with E-state index in [0.29, 0.717) is 5.56 Å². The Morgan fingerprint density at radius 1 is 1.41 bits per heavy atom. The number of nitrogens with zero attached hydrogens (tertiary/aromatic N) is 2. The molecule has 0 aliphatic heterocycles. The molecule has 1 heterocycles. The van der Waals surface area contributed by atoms with Crippen molar-refractivity contribution in [1.82, 2.24) is 4.57 Å². The fourth-order valence-electron chi connectivity index (χ4n) is 2.56. The third kappa shape index (κ3) is 2.45. The van der Waals surface area contributed by atoms with Crippen LogP contribution < -0.4 is 0 Å². The van der Waals surface area contributed by atoms with Gasteiger partial charge in [0.15, 0.2) is 0 Å². The first-order chi connectivity index (χ1) is 10.5. The lowest BCUT2D eigenvalue weighted by atomic mass is 10.0. The molecule has 0 saturated carbocycles. The maximum atomic E-state index is 11.2. The largest absolute Gasteiger partial charge is 0.477 e. The number of aliphatic carboxylic acids is 1. The van der Waals surface area contributed by atoms with Crippen molar-refractivity contribution in [3.05, 3.63) is 59.8 Å². The molecule has 0 spiro atoms. The zero-order valence-corrected chi connectivity index (χ0v) is 12.5. The number of carboxylic acids is 1. The molecule has 110 valence electrons. The second kappa shape index (κ2) is 6.15. The highest BCUT2D eigenvalue weighted by Crippen LogP contribution is 2.32. The van der Waals surface area contributed by atoms with E-state index in [1.165, 1.54) is 6.08 Å². The summed E-state index contributed by atoms with van der Waals surface area (Å²) in [5.41, 5.74) is 3.11. The van der Waals surface area contributed by atoms with Gasteiger partial charge in [0.2, 0.25) is 0 Å². The molecule has 1 aromatic carbocycles. The first-order valence-electron chi connectivity index (χ1n) is 6.76. The lowest BCUT2D eigenvalue weighted by Crippen LogP contribution is -1.99. The monoisotopic (exact) mass is 292 g/mol. The highest BCUT2D eigenvalue weighted by Gasteiger charge is 2.17. The van der Waals surface area contributed by atoms with Crippen molar-refractivity contribution in [2.75, 3.05) is 0 Å². The summed E-state index contributed by atoms with van der Waals surface area (Å²) in [6, 6.07) is 9.42. The lowest BCUT2D eigenvalue weighted by Gasteiger charge is -2.07. The number of para-hydroxylation sites is 1. The molecule has 0 unspecified atom stereocenters. The number of benzene rings is 1. The van der Waals surface area contributed by atoms with E-state index >= 15 is 0 Å². The molecule has 0 fully saturated rings. The zero-order chi connectivity index (χ0) is 16.3. The van der Waals surface area contributed by atoms with Crippen molar-refractivity contribution in [3.8, 4) is 6.07 Å². The Balaban J connectivity index is 2.93. The first-order valence-corrected chi connectivity index (χ1v) is 6.76. The predicted octanol–water partition coefficient (Wildman–Crippen LogP) is 3.76. The van der Waals surface area contributed by atoms with Gasteiger partial charge in [-0.1, -0.05) is 36.9 Å². The number of carboxylic acid groups (broad SMARTS) is 1. The Kier molecular flexibility index (Phi) is 4.28. The molecule has 0 amide bonds. The van der Waals surface area contributed by atoms with E-state index in [2.05, 4.69) is 6.58 Å². The SMILES string of the molecule is C=C/C(=C\C)c1c(/C=C(\C#N)C(=O)O)c2ccccc2n1C. The van der Waals surface area contributed by atoms with Gasteiger partial charge in [0.25, 0.3) is 0 Å². The van der Waals surface area contributed by atoms with Crippen molar-refractivity contribution in [2.24, 2.45) is 7.05 Å². The number of hydrogen-bond donors (Lipinski definition) is 1. The summed E-state index contributed by atoms with van der Waals surface area (Å²) in [6.45, 7) is 5.70. The molecule has 22 heavy (non-hydrogen) atoms. The van der Waals surface area contributed by atoms with E-state index < -0.39 is 5.97 Å². The minimum atomic E-state index is -1.23. The quantitative estimate of drug-likeness (QED) is 0.530. The molecule has 0 aliphatic carbocycles. The van der Waals surface area contributed by atoms with Crippen LogP contribution in [-0.4, -0.2) is 15.6 Å². The van der Waals surface area contributed by atoms with Crippen LogP contribution in [0, 0.1) is 11.3 Å². The van der Waals surface area contributed by atoms with Crippen LogP contribution in [-0.2, 0) is 11.8 Å². The summed E-state index contributed by atoms with van der Waals surface area (Å²) in [5.74, 6) is -1.23. The fourth-order valence-corrected chi connectivity index (χ4v) is 2.56. The Labute approximate surface area is 128 Å². The van der Waals surface area contributed by atoms with Crippen molar-refractivity contribution >= 4 is 28.5 Å². The summed E-state index contributed by atoms with van der Waals surface area (Å²) in [7, 11) is 1.91. The normalized spacial score (nSPS) is 12.2. The molecule has 4 nitrogen and oxygen atoms in total. The average molecular weight is 292 g/mol. The van der Waals surface area contributed by atoms with Gasteiger partial charge in [-0.2, -0.15) is 5.26 Å². The van der Waals surface area contributed by atoms with Crippen molar-refractivity contribution in [2.45, 2.75) is 6.92 Å². The second-order valence-corrected chi connectivity index (χ2v) is 4.76. The van der Waals surface area contributed by atoms with Crippen molar-refractivity contribution < 1.29 is 9.90 Å². The van der Waals surface area contributed by atoms with Gasteiger partial charge in [-0.15, -0.1) is 0 Å². The topological polar surface area (TPSA) is 66.0 Å². The van der Waals surface area contributed by atoms with Gasteiger partial charge in [-0.3, -0.25) is 0 Å². The molecule has 0 bridgehead atoms. The summed E-state index contributed by atoms with van der Waals surface area (Å²) in [5, 5.41) is 19.1. The van der Waals surface area contributed by atoms with Crippen LogP contribution in [0.5, 0.6) is 0 Å². The molecule has 0 atom stereocenters. The van der Waals surface area contributed by atoms with Crippen LogP contribution in [0.3, 0.4) is 0 Å². The Morgan fingerprint density at radius 3 is 2.64 bits per heavy atom. The van der Waals surface area contributed by atoms with Gasteiger partial charge in [0.05, 0.1) is 5.69 Å². The number of fused-ring (bicyclic) bond motifs is 1. The number of rotatable bonds is 4. The molecular weight excluding hydrogens is 276 g/mol. The van der Waals surface area contributed by atoms with Crippen molar-refractivity contribution in [3.63, 3.8) is 0 Å². The maximum Gasteiger partial charge on any atom is 0.346 e. The maximum absolute atomic E-state index is 11.2. The van der Waals surface area contributed by atoms with Crippen LogP contribution in [0.2, 0.25) is 0 Å². The fraction of sp³-hybridized carbons (Fsp3) is 0.111. The molecule has 1 aromatic heterocycles. The molecule has 2 rings (SSSR count). The Morgan fingerprint density at radius 2 is 2.09 bits per heavy atom. The number of hydrogen-bond acceptors (Lipinski definition) is 2. The predicted molar refractivity (Wildman–Crippen MR) is 88.0 cm³/mol. The Hall–Kier alpha value is -3.06. The zero-order valence-electron chi connectivity index (χ0n) is 12.5. The van der Waals surface area contributed by atoms with Gasteiger partial charge in [0.1, 0.15) is 11.6 Å². The number of aromatic nitrogens is 1. The Bertz CT molecular complexity index is 861. The van der Waals surface area contributed by atoms with Crippen LogP contribution in [0.25, 0.3) is 22.6 Å². The van der Waals surface area contributed by atoms with Gasteiger partial charge in [-0.05, 0) is 24.6 Å². The van der Waals surface area contributed by atoms with E-state index in [-0.39, 0.29) is 5.57 Å². The molecular formula is C18H16N2O2. The van der Waals surface area contributed by atoms with E-state index in [4.69, 9.17) is 10.4 Å². The highest BCUT2D eigenvalue weighted by atomic mass is 16.4. The van der Waals surface area contributed by atoms with Gasteiger partial charge >= 0.3 is 5.97 Å². The summed E-state index contributed by atoms with van der Waals surface area (Å²) in [4.78, 5) is 11.2. The van der Waals surface area contributed by atoms with Crippen molar-refractivity contribution in [1.29, 1.82) is 5.26 Å².